The van der Waals surface area contributed by atoms with Gasteiger partial charge in [0.2, 0.25) is 5.88 Å². The van der Waals surface area contributed by atoms with E-state index in [4.69, 9.17) is 14.2 Å². The van der Waals surface area contributed by atoms with Crippen LogP contribution < -0.4 is 9.47 Å². The van der Waals surface area contributed by atoms with Crippen LogP contribution >= 0.6 is 0 Å². The largest absolute Gasteiger partial charge is 0.490 e. The molecule has 4 aromatic rings. The smallest absolute Gasteiger partial charge is 0.226 e. The van der Waals surface area contributed by atoms with Gasteiger partial charge >= 0.3 is 0 Å². The van der Waals surface area contributed by atoms with E-state index in [-0.39, 0.29) is 0 Å². The number of aromatic amines is 1. The molecule has 2 aromatic carbocycles. The average Bonchev–Trinajstić information content (AvgIpc) is 3.43. The first kappa shape index (κ1) is 17.0. The minimum atomic E-state index is 0.402. The Morgan fingerprint density at radius 3 is 2.75 bits per heavy atom. The molecule has 2 aromatic heterocycles. The van der Waals surface area contributed by atoms with Gasteiger partial charge < -0.3 is 19.2 Å². The summed E-state index contributed by atoms with van der Waals surface area (Å²) in [7, 11) is 1.65. The zero-order chi connectivity index (χ0) is 18.9. The number of rotatable bonds is 7. The second-order valence-corrected chi connectivity index (χ2v) is 6.99. The number of methoxy groups -OCH3 is 1. The number of nitrogens with one attached hydrogen (secondary N) is 1. The highest BCUT2D eigenvalue weighted by molar-refractivity contribution is 5.99. The molecular formula is C22H21N3O3. The molecule has 0 amide bonds. The average molecular weight is 375 g/mol. The quantitative estimate of drug-likeness (QED) is 0.487. The minimum Gasteiger partial charge on any atom is -0.490 e. The number of hydrogen-bond donors (Lipinski definition) is 1. The van der Waals surface area contributed by atoms with Crippen LogP contribution in [0.15, 0.2) is 48.9 Å². The Hall–Kier alpha value is -3.12. The maximum atomic E-state index is 5.91. The Bertz CT molecular complexity index is 1130. The van der Waals surface area contributed by atoms with Crippen molar-refractivity contribution >= 4 is 21.8 Å². The standard InChI is InChI=1S/C22H21N3O3/c1-26-8-9-27-22-20-19(12-23-21(20)24-13-25-22)16-3-2-15-11-18(28-17-6-7-17)5-4-14(15)10-16/h2-5,10-13,17H,6-9H2,1H3,(H,23,24,25). The highest BCUT2D eigenvalue weighted by atomic mass is 16.5. The molecule has 0 unspecified atom stereocenters. The van der Waals surface area contributed by atoms with Crippen molar-refractivity contribution in [3.63, 3.8) is 0 Å². The summed E-state index contributed by atoms with van der Waals surface area (Å²) in [6, 6.07) is 12.7. The fourth-order valence-corrected chi connectivity index (χ4v) is 3.34. The number of hydrogen-bond acceptors (Lipinski definition) is 5. The van der Waals surface area contributed by atoms with Crippen molar-refractivity contribution in [1.82, 2.24) is 15.0 Å². The molecule has 0 radical (unpaired) electrons. The van der Waals surface area contributed by atoms with E-state index in [0.29, 0.717) is 25.2 Å². The fraction of sp³-hybridized carbons (Fsp3) is 0.273. The van der Waals surface area contributed by atoms with E-state index in [2.05, 4.69) is 45.3 Å². The first-order valence-electron chi connectivity index (χ1n) is 9.46. The topological polar surface area (TPSA) is 69.3 Å². The SMILES string of the molecule is COCCOc1ncnc2[nH]cc(-c3ccc4cc(OC5CC5)ccc4c3)c12. The molecule has 142 valence electrons. The summed E-state index contributed by atoms with van der Waals surface area (Å²) in [5.74, 6) is 1.50. The van der Waals surface area contributed by atoms with Crippen LogP contribution in [-0.2, 0) is 4.74 Å². The molecule has 6 nitrogen and oxygen atoms in total. The fourth-order valence-electron chi connectivity index (χ4n) is 3.34. The van der Waals surface area contributed by atoms with Crippen molar-refractivity contribution in [2.75, 3.05) is 20.3 Å². The van der Waals surface area contributed by atoms with E-state index >= 15 is 0 Å². The number of nitrogens with zero attached hydrogens (tertiary/aromatic N) is 2. The monoisotopic (exact) mass is 375 g/mol. The van der Waals surface area contributed by atoms with Crippen LogP contribution in [0.25, 0.3) is 32.9 Å². The normalized spacial score (nSPS) is 13.9. The van der Waals surface area contributed by atoms with Crippen LogP contribution in [0.2, 0.25) is 0 Å². The third-order valence-corrected chi connectivity index (χ3v) is 4.91. The van der Waals surface area contributed by atoms with Crippen LogP contribution in [-0.4, -0.2) is 41.4 Å². The molecule has 5 rings (SSSR count). The Kier molecular flexibility index (Phi) is 4.33. The molecule has 1 aliphatic carbocycles. The van der Waals surface area contributed by atoms with Gasteiger partial charge in [-0.05, 0) is 47.4 Å². The summed E-state index contributed by atoms with van der Waals surface area (Å²) in [5.41, 5.74) is 2.86. The van der Waals surface area contributed by atoms with Crippen molar-refractivity contribution in [3.8, 4) is 22.8 Å². The molecule has 0 aliphatic heterocycles. The number of benzene rings is 2. The highest BCUT2D eigenvalue weighted by Gasteiger charge is 2.23. The molecule has 0 atom stereocenters. The molecule has 1 N–H and O–H groups in total. The summed E-state index contributed by atoms with van der Waals surface area (Å²) in [6.45, 7) is 0.946. The van der Waals surface area contributed by atoms with E-state index in [1.165, 1.54) is 6.33 Å². The second-order valence-electron chi connectivity index (χ2n) is 6.99. The summed E-state index contributed by atoms with van der Waals surface area (Å²) in [4.78, 5) is 11.9. The van der Waals surface area contributed by atoms with Gasteiger partial charge in [-0.15, -0.1) is 0 Å². The first-order valence-corrected chi connectivity index (χ1v) is 9.46. The molecule has 2 heterocycles. The lowest BCUT2D eigenvalue weighted by Crippen LogP contribution is -2.05. The lowest BCUT2D eigenvalue weighted by molar-refractivity contribution is 0.144. The maximum absolute atomic E-state index is 5.91. The van der Waals surface area contributed by atoms with Gasteiger partial charge in [0.25, 0.3) is 0 Å². The van der Waals surface area contributed by atoms with E-state index < -0.39 is 0 Å². The Labute approximate surface area is 162 Å². The molecule has 1 aliphatic rings. The number of H-pyrrole nitrogens is 1. The van der Waals surface area contributed by atoms with Gasteiger partial charge in [-0.1, -0.05) is 18.2 Å². The van der Waals surface area contributed by atoms with Crippen molar-refractivity contribution in [3.05, 3.63) is 48.9 Å². The molecule has 0 saturated heterocycles. The third kappa shape index (κ3) is 3.27. The van der Waals surface area contributed by atoms with Gasteiger partial charge in [0.15, 0.2) is 0 Å². The summed E-state index contributed by atoms with van der Waals surface area (Å²) < 4.78 is 16.8. The minimum absolute atomic E-state index is 0.402. The zero-order valence-electron chi connectivity index (χ0n) is 15.6. The van der Waals surface area contributed by atoms with Crippen molar-refractivity contribution < 1.29 is 14.2 Å². The predicted molar refractivity (Wildman–Crippen MR) is 108 cm³/mol. The number of fused-ring (bicyclic) bond motifs is 2. The molecule has 0 spiro atoms. The summed E-state index contributed by atoms with van der Waals surface area (Å²) in [6.07, 6.45) is 6.18. The molecule has 0 bridgehead atoms. The lowest BCUT2D eigenvalue weighted by atomic mass is 10.0. The van der Waals surface area contributed by atoms with E-state index in [1.54, 1.807) is 7.11 Å². The number of aromatic nitrogens is 3. The van der Waals surface area contributed by atoms with Crippen LogP contribution in [0, 0.1) is 0 Å². The Morgan fingerprint density at radius 1 is 1.04 bits per heavy atom. The van der Waals surface area contributed by atoms with Gasteiger partial charge in [-0.2, -0.15) is 0 Å². The highest BCUT2D eigenvalue weighted by Crippen LogP contribution is 2.35. The first-order chi connectivity index (χ1) is 13.8. The van der Waals surface area contributed by atoms with E-state index in [1.807, 2.05) is 12.3 Å². The van der Waals surface area contributed by atoms with Crippen molar-refractivity contribution in [2.45, 2.75) is 18.9 Å². The van der Waals surface area contributed by atoms with Gasteiger partial charge in [0.05, 0.1) is 18.1 Å². The third-order valence-electron chi connectivity index (χ3n) is 4.91. The van der Waals surface area contributed by atoms with Gasteiger partial charge in [0, 0.05) is 18.9 Å². The molecular weight excluding hydrogens is 354 g/mol. The number of ether oxygens (including phenoxy) is 3. The maximum Gasteiger partial charge on any atom is 0.226 e. The molecule has 6 heteroatoms. The molecule has 28 heavy (non-hydrogen) atoms. The summed E-state index contributed by atoms with van der Waals surface area (Å²) in [5, 5.41) is 3.20. The Morgan fingerprint density at radius 2 is 1.89 bits per heavy atom. The lowest BCUT2D eigenvalue weighted by Gasteiger charge is -2.09. The van der Waals surface area contributed by atoms with Crippen LogP contribution in [0.4, 0.5) is 0 Å². The van der Waals surface area contributed by atoms with E-state index in [9.17, 15) is 0 Å². The van der Waals surface area contributed by atoms with Crippen LogP contribution in [0.3, 0.4) is 0 Å². The van der Waals surface area contributed by atoms with Gasteiger partial charge in [-0.25, -0.2) is 9.97 Å². The second kappa shape index (κ2) is 7.13. The van der Waals surface area contributed by atoms with Crippen LogP contribution in [0.1, 0.15) is 12.8 Å². The van der Waals surface area contributed by atoms with Gasteiger partial charge in [-0.3, -0.25) is 0 Å². The predicted octanol–water partition coefficient (Wildman–Crippen LogP) is 4.34. The van der Waals surface area contributed by atoms with Crippen molar-refractivity contribution in [2.24, 2.45) is 0 Å². The molecule has 1 fully saturated rings. The van der Waals surface area contributed by atoms with Crippen molar-refractivity contribution in [1.29, 1.82) is 0 Å². The van der Waals surface area contributed by atoms with E-state index in [0.717, 1.165) is 51.5 Å². The van der Waals surface area contributed by atoms with Crippen LogP contribution in [0.5, 0.6) is 11.6 Å². The summed E-state index contributed by atoms with van der Waals surface area (Å²) >= 11 is 0. The molecule has 1 saturated carbocycles. The zero-order valence-corrected chi connectivity index (χ0v) is 15.6. The Balaban J connectivity index is 1.52. The van der Waals surface area contributed by atoms with Gasteiger partial charge in [0.1, 0.15) is 24.3 Å².